The molecule has 9 heavy (non-hydrogen) atoms. The van der Waals surface area contributed by atoms with Crippen LogP contribution in [0.5, 0.6) is 0 Å². The molecule has 0 atom stereocenters. The summed E-state index contributed by atoms with van der Waals surface area (Å²) in [6, 6.07) is 0. The first-order chi connectivity index (χ1) is 4.31. The van der Waals surface area contributed by atoms with Crippen LogP contribution in [-0.2, 0) is 4.74 Å². The van der Waals surface area contributed by atoms with Gasteiger partial charge in [0.2, 0.25) is 0 Å². The molecule has 0 radical (unpaired) electrons. The molecular weight excluding hydrogens is 134 g/mol. The quantitative estimate of drug-likeness (QED) is 0.474. The largest absolute Gasteiger partial charge is 0.467 e. The van der Waals surface area contributed by atoms with Gasteiger partial charge in [-0.1, -0.05) is 12.7 Å². The van der Waals surface area contributed by atoms with E-state index in [1.165, 1.54) is 0 Å². The van der Waals surface area contributed by atoms with Crippen LogP contribution < -0.4 is 5.32 Å². The molecule has 52 valence electrons. The molecule has 0 saturated carbocycles. The molecule has 0 aromatic heterocycles. The standard InChI is InChI=1S/C6H11NOS/c1-3-5-8-6(9)7-4-2/h3H,1,4-5H2,2H3,(H,7,9). The van der Waals surface area contributed by atoms with Crippen LogP contribution in [-0.4, -0.2) is 18.3 Å². The van der Waals surface area contributed by atoms with Gasteiger partial charge in [-0.15, -0.1) is 0 Å². The van der Waals surface area contributed by atoms with Gasteiger partial charge in [-0.2, -0.15) is 0 Å². The number of hydrogen-bond acceptors (Lipinski definition) is 2. The Morgan fingerprint density at radius 2 is 2.56 bits per heavy atom. The van der Waals surface area contributed by atoms with E-state index in [0.717, 1.165) is 6.54 Å². The van der Waals surface area contributed by atoms with Crippen molar-refractivity contribution in [3.63, 3.8) is 0 Å². The Hall–Kier alpha value is -0.570. The summed E-state index contributed by atoms with van der Waals surface area (Å²) in [6.07, 6.45) is 1.66. The van der Waals surface area contributed by atoms with E-state index in [1.807, 2.05) is 6.92 Å². The minimum atomic E-state index is 0.442. The first kappa shape index (κ1) is 8.43. The normalized spacial score (nSPS) is 8.11. The zero-order chi connectivity index (χ0) is 7.11. The highest BCUT2D eigenvalue weighted by Gasteiger charge is 1.88. The second-order valence-corrected chi connectivity index (χ2v) is 1.79. The van der Waals surface area contributed by atoms with E-state index in [2.05, 4.69) is 11.9 Å². The van der Waals surface area contributed by atoms with E-state index in [-0.39, 0.29) is 0 Å². The van der Waals surface area contributed by atoms with Crippen molar-refractivity contribution in [2.24, 2.45) is 0 Å². The lowest BCUT2D eigenvalue weighted by atomic mass is 10.7. The molecule has 0 amide bonds. The maximum atomic E-state index is 4.93. The second-order valence-electron chi connectivity index (χ2n) is 1.42. The summed E-state index contributed by atoms with van der Waals surface area (Å²) < 4.78 is 4.93. The minimum Gasteiger partial charge on any atom is -0.467 e. The lowest BCUT2D eigenvalue weighted by Crippen LogP contribution is -2.23. The number of thiocarbonyl (C=S) groups is 1. The summed E-state index contributed by atoms with van der Waals surface area (Å²) >= 11 is 4.74. The van der Waals surface area contributed by atoms with Crippen LogP contribution in [0.1, 0.15) is 6.92 Å². The monoisotopic (exact) mass is 145 g/mol. The molecule has 0 bridgehead atoms. The van der Waals surface area contributed by atoms with Gasteiger partial charge in [0, 0.05) is 6.54 Å². The van der Waals surface area contributed by atoms with E-state index in [9.17, 15) is 0 Å². The summed E-state index contributed by atoms with van der Waals surface area (Å²) in [4.78, 5) is 0. The molecule has 0 unspecified atom stereocenters. The van der Waals surface area contributed by atoms with Crippen molar-refractivity contribution in [2.75, 3.05) is 13.2 Å². The third-order valence-corrected chi connectivity index (χ3v) is 0.916. The van der Waals surface area contributed by atoms with Crippen molar-refractivity contribution in [1.29, 1.82) is 0 Å². The fourth-order valence-corrected chi connectivity index (χ4v) is 0.542. The number of hydrogen-bond donors (Lipinski definition) is 1. The van der Waals surface area contributed by atoms with Gasteiger partial charge >= 0.3 is 0 Å². The molecule has 0 fully saturated rings. The highest BCUT2D eigenvalue weighted by atomic mass is 32.1. The first-order valence-corrected chi connectivity index (χ1v) is 3.23. The zero-order valence-electron chi connectivity index (χ0n) is 5.52. The van der Waals surface area contributed by atoms with E-state index < -0.39 is 0 Å². The van der Waals surface area contributed by atoms with Gasteiger partial charge < -0.3 is 10.1 Å². The molecule has 3 heteroatoms. The highest BCUT2D eigenvalue weighted by Crippen LogP contribution is 1.77. The predicted molar refractivity (Wildman–Crippen MR) is 42.4 cm³/mol. The van der Waals surface area contributed by atoms with Gasteiger partial charge in [-0.3, -0.25) is 0 Å². The highest BCUT2D eigenvalue weighted by molar-refractivity contribution is 7.80. The van der Waals surface area contributed by atoms with Crippen LogP contribution in [0, 0.1) is 0 Å². The van der Waals surface area contributed by atoms with Gasteiger partial charge in [0.25, 0.3) is 5.17 Å². The maximum absolute atomic E-state index is 4.93. The summed E-state index contributed by atoms with van der Waals surface area (Å²) in [5, 5.41) is 3.28. The van der Waals surface area contributed by atoms with Crippen molar-refractivity contribution in [2.45, 2.75) is 6.92 Å². The van der Waals surface area contributed by atoms with Crippen molar-refractivity contribution in [1.82, 2.24) is 5.32 Å². The first-order valence-electron chi connectivity index (χ1n) is 2.82. The lowest BCUT2D eigenvalue weighted by molar-refractivity contribution is 0.344. The summed E-state index contributed by atoms with van der Waals surface area (Å²) in [5.41, 5.74) is 0. The number of rotatable bonds is 3. The molecule has 0 aliphatic heterocycles. The Labute approximate surface area is 60.9 Å². The smallest absolute Gasteiger partial charge is 0.256 e. The summed E-state index contributed by atoms with van der Waals surface area (Å²) in [6.45, 7) is 6.72. The molecule has 0 aliphatic carbocycles. The van der Waals surface area contributed by atoms with Gasteiger partial charge in [-0.05, 0) is 19.1 Å². The average Bonchev–Trinajstić information content (AvgIpc) is 1.85. The average molecular weight is 145 g/mol. The predicted octanol–water partition coefficient (Wildman–Crippen LogP) is 1.08. The molecule has 2 nitrogen and oxygen atoms in total. The third-order valence-electron chi connectivity index (χ3n) is 0.653. The van der Waals surface area contributed by atoms with Crippen molar-refractivity contribution < 1.29 is 4.74 Å². The Morgan fingerprint density at radius 1 is 1.89 bits per heavy atom. The molecule has 0 aliphatic rings. The fourth-order valence-electron chi connectivity index (χ4n) is 0.330. The molecule has 1 N–H and O–H groups in total. The Balaban J connectivity index is 3.16. The topological polar surface area (TPSA) is 21.3 Å². The summed E-state index contributed by atoms with van der Waals surface area (Å²) in [7, 11) is 0. The van der Waals surface area contributed by atoms with Crippen LogP contribution in [0.25, 0.3) is 0 Å². The lowest BCUT2D eigenvalue weighted by Gasteiger charge is -2.03. The molecule has 0 aromatic carbocycles. The Morgan fingerprint density at radius 3 is 3.00 bits per heavy atom. The maximum Gasteiger partial charge on any atom is 0.256 e. The van der Waals surface area contributed by atoms with Crippen molar-refractivity contribution in [3.05, 3.63) is 12.7 Å². The van der Waals surface area contributed by atoms with E-state index in [0.29, 0.717) is 11.8 Å². The minimum absolute atomic E-state index is 0.442. The van der Waals surface area contributed by atoms with Gasteiger partial charge in [0.05, 0.1) is 0 Å². The van der Waals surface area contributed by atoms with Crippen LogP contribution in [0.2, 0.25) is 0 Å². The van der Waals surface area contributed by atoms with Gasteiger partial charge in [0.1, 0.15) is 6.61 Å². The van der Waals surface area contributed by atoms with Crippen molar-refractivity contribution in [3.8, 4) is 0 Å². The Bertz CT molecular complexity index is 103. The van der Waals surface area contributed by atoms with Crippen LogP contribution in [0.4, 0.5) is 0 Å². The van der Waals surface area contributed by atoms with Crippen LogP contribution in [0.3, 0.4) is 0 Å². The van der Waals surface area contributed by atoms with E-state index in [1.54, 1.807) is 6.08 Å². The molecule has 0 heterocycles. The fraction of sp³-hybridized carbons (Fsp3) is 0.500. The molecule has 0 aromatic rings. The summed E-state index contributed by atoms with van der Waals surface area (Å²) in [5.74, 6) is 0. The van der Waals surface area contributed by atoms with Gasteiger partial charge in [-0.25, -0.2) is 0 Å². The Kier molecular flexibility index (Phi) is 5.21. The SMILES string of the molecule is C=CCOC(=S)NCC. The van der Waals surface area contributed by atoms with E-state index >= 15 is 0 Å². The van der Waals surface area contributed by atoms with Crippen LogP contribution in [0.15, 0.2) is 12.7 Å². The van der Waals surface area contributed by atoms with Gasteiger partial charge in [0.15, 0.2) is 0 Å². The van der Waals surface area contributed by atoms with Crippen LogP contribution >= 0.6 is 12.2 Å². The number of nitrogens with one attached hydrogen (secondary N) is 1. The molecule has 0 spiro atoms. The number of ether oxygens (including phenoxy) is 1. The molecule has 0 rings (SSSR count). The third kappa shape index (κ3) is 5.30. The zero-order valence-corrected chi connectivity index (χ0v) is 6.33. The second kappa shape index (κ2) is 5.56. The molecular formula is C6H11NOS. The molecule has 0 saturated heterocycles. The van der Waals surface area contributed by atoms with Crippen molar-refractivity contribution >= 4 is 17.4 Å². The van der Waals surface area contributed by atoms with E-state index in [4.69, 9.17) is 17.0 Å².